The molecule has 28 heavy (non-hydrogen) atoms. The van der Waals surface area contributed by atoms with E-state index in [1.165, 1.54) is 10.4 Å². The average molecular weight is 378 g/mol. The second kappa shape index (κ2) is 8.90. The molecule has 144 valence electrons. The summed E-state index contributed by atoms with van der Waals surface area (Å²) >= 11 is 0. The molecule has 0 bridgehead atoms. The van der Waals surface area contributed by atoms with Crippen LogP contribution in [0.2, 0.25) is 0 Å². The molecule has 2 amide bonds. The minimum Gasteiger partial charge on any atom is -0.352 e. The zero-order chi connectivity index (χ0) is 19.9. The standard InChI is InChI=1S/C20H22N6O2/c1-3-14-8-10-15(11-9-14)19-23-25-26(24-19)13-18(27)22-17-7-5-6-16(12-17)20(28)21-4-2/h5-12H,3-4,13H2,1-2H3,(H,21,28)(H,22,27). The summed E-state index contributed by atoms with van der Waals surface area (Å²) in [6.07, 6.45) is 0.960. The van der Waals surface area contributed by atoms with E-state index in [2.05, 4.69) is 33.0 Å². The maximum absolute atomic E-state index is 12.3. The SMILES string of the molecule is CCNC(=O)c1cccc(NC(=O)Cn2nnc(-c3ccc(CC)cc3)n2)c1. The zero-order valence-corrected chi connectivity index (χ0v) is 15.8. The Kier molecular flexibility index (Phi) is 6.11. The molecule has 8 nitrogen and oxygen atoms in total. The summed E-state index contributed by atoms with van der Waals surface area (Å²) in [4.78, 5) is 25.4. The van der Waals surface area contributed by atoms with Crippen LogP contribution < -0.4 is 10.6 Å². The number of nitrogens with zero attached hydrogens (tertiary/aromatic N) is 4. The monoisotopic (exact) mass is 378 g/mol. The van der Waals surface area contributed by atoms with E-state index in [0.717, 1.165) is 12.0 Å². The fourth-order valence-corrected chi connectivity index (χ4v) is 2.65. The lowest BCUT2D eigenvalue weighted by Gasteiger charge is -2.07. The molecule has 0 saturated carbocycles. The van der Waals surface area contributed by atoms with Crippen molar-refractivity contribution in [3.63, 3.8) is 0 Å². The van der Waals surface area contributed by atoms with E-state index >= 15 is 0 Å². The molecule has 0 aliphatic rings. The number of benzene rings is 2. The molecule has 3 aromatic rings. The Morgan fingerprint density at radius 3 is 2.57 bits per heavy atom. The number of carbonyl (C=O) groups excluding carboxylic acids is 2. The molecular formula is C20H22N6O2. The van der Waals surface area contributed by atoms with Crippen molar-refractivity contribution < 1.29 is 9.59 Å². The van der Waals surface area contributed by atoms with Gasteiger partial charge in [-0.15, -0.1) is 10.2 Å². The summed E-state index contributed by atoms with van der Waals surface area (Å²) in [5, 5.41) is 17.7. The zero-order valence-electron chi connectivity index (χ0n) is 15.8. The Morgan fingerprint density at radius 2 is 1.86 bits per heavy atom. The molecule has 2 N–H and O–H groups in total. The number of nitrogens with one attached hydrogen (secondary N) is 2. The van der Waals surface area contributed by atoms with Gasteiger partial charge in [0.05, 0.1) is 0 Å². The van der Waals surface area contributed by atoms with Crippen molar-refractivity contribution in [2.45, 2.75) is 26.8 Å². The first-order chi connectivity index (χ1) is 13.6. The molecule has 0 spiro atoms. The predicted molar refractivity (Wildman–Crippen MR) is 106 cm³/mol. The summed E-state index contributed by atoms with van der Waals surface area (Å²) in [6, 6.07) is 14.7. The largest absolute Gasteiger partial charge is 0.352 e. The summed E-state index contributed by atoms with van der Waals surface area (Å²) in [7, 11) is 0. The van der Waals surface area contributed by atoms with Crippen LogP contribution in [0.4, 0.5) is 5.69 Å². The summed E-state index contributed by atoms with van der Waals surface area (Å²) < 4.78 is 0. The molecule has 0 aliphatic carbocycles. The van der Waals surface area contributed by atoms with Crippen LogP contribution in [0, 0.1) is 0 Å². The van der Waals surface area contributed by atoms with Gasteiger partial charge in [-0.2, -0.15) is 4.80 Å². The maximum atomic E-state index is 12.3. The van der Waals surface area contributed by atoms with E-state index < -0.39 is 0 Å². The number of carbonyl (C=O) groups is 2. The van der Waals surface area contributed by atoms with Crippen molar-refractivity contribution in [2.75, 3.05) is 11.9 Å². The second-order valence-corrected chi connectivity index (χ2v) is 6.18. The Morgan fingerprint density at radius 1 is 1.07 bits per heavy atom. The predicted octanol–water partition coefficient (Wildman–Crippen LogP) is 2.29. The van der Waals surface area contributed by atoms with Crippen LogP contribution in [-0.4, -0.2) is 38.6 Å². The van der Waals surface area contributed by atoms with E-state index in [1.54, 1.807) is 24.3 Å². The van der Waals surface area contributed by atoms with Gasteiger partial charge in [0.1, 0.15) is 6.54 Å². The van der Waals surface area contributed by atoms with Crippen molar-refractivity contribution in [1.82, 2.24) is 25.5 Å². The fraction of sp³-hybridized carbons (Fsp3) is 0.250. The highest BCUT2D eigenvalue weighted by molar-refractivity contribution is 5.97. The van der Waals surface area contributed by atoms with Gasteiger partial charge in [0.15, 0.2) is 0 Å². The van der Waals surface area contributed by atoms with Crippen LogP contribution in [0.5, 0.6) is 0 Å². The highest BCUT2D eigenvalue weighted by atomic mass is 16.2. The Hall–Kier alpha value is -3.55. The summed E-state index contributed by atoms with van der Waals surface area (Å²) in [5.74, 6) is -0.0257. The minimum atomic E-state index is -0.307. The van der Waals surface area contributed by atoms with Crippen LogP contribution >= 0.6 is 0 Å². The summed E-state index contributed by atoms with van der Waals surface area (Å²) in [6.45, 7) is 4.40. The normalized spacial score (nSPS) is 10.5. The lowest BCUT2D eigenvalue weighted by atomic mass is 10.1. The van der Waals surface area contributed by atoms with Gasteiger partial charge in [0, 0.05) is 23.4 Å². The highest BCUT2D eigenvalue weighted by Crippen LogP contribution is 2.15. The van der Waals surface area contributed by atoms with Gasteiger partial charge in [-0.1, -0.05) is 37.3 Å². The molecule has 0 radical (unpaired) electrons. The first kappa shape index (κ1) is 19.2. The lowest BCUT2D eigenvalue weighted by molar-refractivity contribution is -0.117. The first-order valence-electron chi connectivity index (χ1n) is 9.14. The molecule has 1 heterocycles. The number of amides is 2. The molecular weight excluding hydrogens is 356 g/mol. The van der Waals surface area contributed by atoms with Crippen molar-refractivity contribution in [2.24, 2.45) is 0 Å². The van der Waals surface area contributed by atoms with Gasteiger partial charge in [0.2, 0.25) is 11.7 Å². The van der Waals surface area contributed by atoms with Gasteiger partial charge in [-0.05, 0) is 42.3 Å². The van der Waals surface area contributed by atoms with E-state index in [0.29, 0.717) is 23.6 Å². The molecule has 8 heteroatoms. The van der Waals surface area contributed by atoms with Gasteiger partial charge in [-0.3, -0.25) is 9.59 Å². The van der Waals surface area contributed by atoms with E-state index in [1.807, 2.05) is 31.2 Å². The average Bonchev–Trinajstić information content (AvgIpc) is 3.16. The Balaban J connectivity index is 1.63. The molecule has 0 atom stereocenters. The number of rotatable bonds is 7. The molecule has 0 saturated heterocycles. The number of anilines is 1. The number of aromatic nitrogens is 4. The third kappa shape index (κ3) is 4.79. The van der Waals surface area contributed by atoms with Crippen LogP contribution in [0.15, 0.2) is 48.5 Å². The van der Waals surface area contributed by atoms with E-state index in [9.17, 15) is 9.59 Å². The summed E-state index contributed by atoms with van der Waals surface area (Å²) in [5.41, 5.74) is 3.09. The van der Waals surface area contributed by atoms with Crippen LogP contribution in [0.1, 0.15) is 29.8 Å². The Bertz CT molecular complexity index is 965. The van der Waals surface area contributed by atoms with Gasteiger partial charge >= 0.3 is 0 Å². The second-order valence-electron chi connectivity index (χ2n) is 6.18. The van der Waals surface area contributed by atoms with Crippen LogP contribution in [-0.2, 0) is 17.8 Å². The quantitative estimate of drug-likeness (QED) is 0.657. The van der Waals surface area contributed by atoms with Crippen molar-refractivity contribution >= 4 is 17.5 Å². The van der Waals surface area contributed by atoms with Crippen LogP contribution in [0.3, 0.4) is 0 Å². The molecule has 1 aromatic heterocycles. The van der Waals surface area contributed by atoms with Crippen molar-refractivity contribution in [1.29, 1.82) is 0 Å². The van der Waals surface area contributed by atoms with Gasteiger partial charge in [-0.25, -0.2) is 0 Å². The number of hydrogen-bond donors (Lipinski definition) is 2. The Labute approximate surface area is 163 Å². The topological polar surface area (TPSA) is 102 Å². The van der Waals surface area contributed by atoms with Gasteiger partial charge < -0.3 is 10.6 Å². The van der Waals surface area contributed by atoms with Crippen molar-refractivity contribution in [3.8, 4) is 11.4 Å². The van der Waals surface area contributed by atoms with Crippen LogP contribution in [0.25, 0.3) is 11.4 Å². The third-order valence-corrected chi connectivity index (χ3v) is 4.10. The first-order valence-corrected chi connectivity index (χ1v) is 9.14. The number of tetrazole rings is 1. The number of aryl methyl sites for hydroxylation is 1. The third-order valence-electron chi connectivity index (χ3n) is 4.10. The number of hydrogen-bond acceptors (Lipinski definition) is 5. The smallest absolute Gasteiger partial charge is 0.251 e. The molecule has 0 aliphatic heterocycles. The lowest BCUT2D eigenvalue weighted by Crippen LogP contribution is -2.23. The minimum absolute atomic E-state index is 0.0779. The molecule has 0 unspecified atom stereocenters. The fourth-order valence-electron chi connectivity index (χ4n) is 2.65. The molecule has 2 aromatic carbocycles. The van der Waals surface area contributed by atoms with Crippen molar-refractivity contribution in [3.05, 3.63) is 59.7 Å². The van der Waals surface area contributed by atoms with E-state index in [-0.39, 0.29) is 18.4 Å². The van der Waals surface area contributed by atoms with E-state index in [4.69, 9.17) is 0 Å². The highest BCUT2D eigenvalue weighted by Gasteiger charge is 2.11. The maximum Gasteiger partial charge on any atom is 0.251 e. The van der Waals surface area contributed by atoms with Gasteiger partial charge in [0.25, 0.3) is 5.91 Å². The molecule has 0 fully saturated rings. The molecule has 3 rings (SSSR count).